The van der Waals surface area contributed by atoms with Crippen LogP contribution in [0.4, 0.5) is 0 Å². The van der Waals surface area contributed by atoms with E-state index < -0.39 is 66.5 Å². The smallest absolute Gasteiger partial charge is 0.193 e. The molecule has 3 rings (SSSR count). The molecule has 1 aromatic carbocycles. The van der Waals surface area contributed by atoms with Gasteiger partial charge in [-0.2, -0.15) is 0 Å². The average Bonchev–Trinajstić information content (AvgIpc) is 3.01. The van der Waals surface area contributed by atoms with Crippen LogP contribution in [0.1, 0.15) is 92.4 Å². The fraction of sp³-hybridized carbons (Fsp3) is 0.812. The van der Waals surface area contributed by atoms with Gasteiger partial charge in [0.25, 0.3) is 0 Å². The molecule has 6 nitrogen and oxygen atoms in total. The minimum Gasteiger partial charge on any atom is -0.410 e. The fourth-order valence-electron chi connectivity index (χ4n) is 5.54. The van der Waals surface area contributed by atoms with Gasteiger partial charge in [0.2, 0.25) is 0 Å². The minimum absolute atomic E-state index is 0.121. The molecular weight excluding hydrogens is 565 g/mol. The van der Waals surface area contributed by atoms with Gasteiger partial charge >= 0.3 is 0 Å². The molecule has 1 fully saturated rings. The summed E-state index contributed by atoms with van der Waals surface area (Å²) in [5.41, 5.74) is -1.86. The number of hydrogen-bond donors (Lipinski definition) is 3. The highest BCUT2D eigenvalue weighted by molar-refractivity contribution is 6.75. The van der Waals surface area contributed by atoms with E-state index in [-0.39, 0.29) is 15.1 Å². The van der Waals surface area contributed by atoms with Gasteiger partial charge in [0.1, 0.15) is 29.5 Å². The van der Waals surface area contributed by atoms with Crippen molar-refractivity contribution < 1.29 is 28.6 Å². The topological polar surface area (TPSA) is 88.4 Å². The zero-order valence-electron chi connectivity index (χ0n) is 28.8. The molecule has 0 aliphatic heterocycles. The molecule has 0 heterocycles. The number of fused-ring (bicyclic) bond motifs is 3. The van der Waals surface area contributed by atoms with E-state index in [0.717, 1.165) is 11.1 Å². The quantitative estimate of drug-likeness (QED) is 0.284. The molecule has 1 saturated carbocycles. The standard InChI is InChI=1S/C32H60O6Si3/c1-28(2,3)39(11,12)36-24-23-21-19-17-18-20-22(21)25(37-40(13,14)29(4,5)6)32(23,35)27(33)31(10,34)26(24)38-41(15,16)30(7,8)9/h17-20,23-27,33-35H,1-16H3/t23-,24-,25+,26+,27-,31-,32-/m0/s1. The van der Waals surface area contributed by atoms with Crippen LogP contribution in [0.2, 0.25) is 54.4 Å². The van der Waals surface area contributed by atoms with Gasteiger partial charge in [0.05, 0.1) is 6.10 Å². The van der Waals surface area contributed by atoms with Crippen LogP contribution in [0.3, 0.4) is 0 Å². The van der Waals surface area contributed by atoms with Crippen LogP contribution in [-0.4, -0.2) is 69.8 Å². The summed E-state index contributed by atoms with van der Waals surface area (Å²) in [6, 6.07) is 7.95. The number of aliphatic hydroxyl groups excluding tert-OH is 1. The lowest BCUT2D eigenvalue weighted by Gasteiger charge is -2.60. The van der Waals surface area contributed by atoms with Gasteiger partial charge in [-0.3, -0.25) is 0 Å². The summed E-state index contributed by atoms with van der Waals surface area (Å²) >= 11 is 0. The van der Waals surface area contributed by atoms with Crippen molar-refractivity contribution >= 4 is 25.0 Å². The van der Waals surface area contributed by atoms with Crippen molar-refractivity contribution in [3.8, 4) is 0 Å². The zero-order chi connectivity index (χ0) is 32.0. The van der Waals surface area contributed by atoms with Crippen LogP contribution in [-0.2, 0) is 13.3 Å². The largest absolute Gasteiger partial charge is 0.410 e. The van der Waals surface area contributed by atoms with Crippen LogP contribution < -0.4 is 0 Å². The van der Waals surface area contributed by atoms with E-state index in [1.54, 1.807) is 6.92 Å². The van der Waals surface area contributed by atoms with Gasteiger partial charge in [-0.05, 0) is 72.4 Å². The number of benzene rings is 1. The third kappa shape index (κ3) is 5.77. The van der Waals surface area contributed by atoms with E-state index in [9.17, 15) is 15.3 Å². The molecule has 1 aromatic rings. The second-order valence-corrected chi connectivity index (χ2v) is 31.8. The van der Waals surface area contributed by atoms with Gasteiger partial charge in [-0.1, -0.05) is 86.6 Å². The van der Waals surface area contributed by atoms with Crippen molar-refractivity contribution in [3.05, 3.63) is 35.4 Å². The summed E-state index contributed by atoms with van der Waals surface area (Å²) in [5, 5.41) is 37.1. The van der Waals surface area contributed by atoms with Gasteiger partial charge in [-0.25, -0.2) is 0 Å². The molecule has 0 bridgehead atoms. The van der Waals surface area contributed by atoms with E-state index in [0.29, 0.717) is 0 Å². The lowest BCUT2D eigenvalue weighted by atomic mass is 9.63. The third-order valence-electron chi connectivity index (χ3n) is 11.4. The second-order valence-electron chi connectivity index (χ2n) is 17.5. The van der Waals surface area contributed by atoms with Crippen LogP contribution in [0, 0.1) is 0 Å². The monoisotopic (exact) mass is 624 g/mol. The minimum atomic E-state index is -2.46. The molecule has 41 heavy (non-hydrogen) atoms. The zero-order valence-corrected chi connectivity index (χ0v) is 31.8. The summed E-state index contributed by atoms with van der Waals surface area (Å²) in [7, 11) is -7.33. The van der Waals surface area contributed by atoms with Crippen molar-refractivity contribution in [2.75, 3.05) is 0 Å². The number of hydrogen-bond acceptors (Lipinski definition) is 6. The van der Waals surface area contributed by atoms with Crippen molar-refractivity contribution in [3.63, 3.8) is 0 Å². The Morgan fingerprint density at radius 1 is 0.659 bits per heavy atom. The Labute approximate surface area is 253 Å². The molecular formula is C32H60O6Si3. The van der Waals surface area contributed by atoms with Crippen LogP contribution in [0.5, 0.6) is 0 Å². The maximum absolute atomic E-state index is 12.9. The van der Waals surface area contributed by atoms with E-state index in [1.165, 1.54) is 0 Å². The van der Waals surface area contributed by atoms with Gasteiger partial charge in [0.15, 0.2) is 25.0 Å². The summed E-state index contributed by atoms with van der Waals surface area (Å²) < 4.78 is 21.3. The van der Waals surface area contributed by atoms with E-state index in [4.69, 9.17) is 13.3 Å². The van der Waals surface area contributed by atoms with Gasteiger partial charge in [0, 0.05) is 5.92 Å². The molecule has 0 unspecified atom stereocenters. The summed E-state index contributed by atoms with van der Waals surface area (Å²) in [4.78, 5) is 0. The first-order valence-electron chi connectivity index (χ1n) is 15.3. The number of aliphatic hydroxyl groups is 3. The SMILES string of the molecule is CC(C)(C)[Si](C)(C)O[C@@H]1[C@@H](O[Si](C)(C)C(C)(C)C)[C@](C)(O)[C@H](O)[C@@]2(O)[C@H](O[Si](C)(C)C(C)(C)C)c3ccccc3[C@@H]12. The molecule has 0 spiro atoms. The first kappa shape index (κ1) is 35.1. The molecule has 0 aromatic heterocycles. The summed E-state index contributed by atoms with van der Waals surface area (Å²) in [6.45, 7) is 34.2. The van der Waals surface area contributed by atoms with Gasteiger partial charge in [-0.15, -0.1) is 0 Å². The Balaban J connectivity index is 2.33. The molecule has 2 aliphatic carbocycles. The fourth-order valence-corrected chi connectivity index (χ4v) is 9.45. The lowest BCUT2D eigenvalue weighted by molar-refractivity contribution is -0.280. The third-order valence-corrected chi connectivity index (χ3v) is 24.8. The maximum Gasteiger partial charge on any atom is 0.193 e. The first-order valence-corrected chi connectivity index (χ1v) is 24.0. The molecule has 3 N–H and O–H groups in total. The molecule has 0 saturated heterocycles. The van der Waals surface area contributed by atoms with Crippen LogP contribution in [0.25, 0.3) is 0 Å². The molecule has 236 valence electrons. The van der Waals surface area contributed by atoms with Crippen LogP contribution >= 0.6 is 0 Å². The Morgan fingerprint density at radius 3 is 1.49 bits per heavy atom. The highest BCUT2D eigenvalue weighted by Crippen LogP contribution is 2.62. The van der Waals surface area contributed by atoms with Crippen molar-refractivity contribution in [1.29, 1.82) is 0 Å². The lowest BCUT2D eigenvalue weighted by Crippen LogP contribution is -2.75. The Bertz CT molecular complexity index is 1110. The Kier molecular flexibility index (Phi) is 8.85. The van der Waals surface area contributed by atoms with E-state index in [1.807, 2.05) is 24.3 Å². The molecule has 7 atom stereocenters. The molecule has 9 heteroatoms. The molecule has 2 aliphatic rings. The predicted octanol–water partition coefficient (Wildman–Crippen LogP) is 7.48. The van der Waals surface area contributed by atoms with Crippen LogP contribution in [0.15, 0.2) is 24.3 Å². The van der Waals surface area contributed by atoms with E-state index >= 15 is 0 Å². The van der Waals surface area contributed by atoms with Crippen molar-refractivity contribution in [2.45, 2.75) is 165 Å². The normalized spacial score (nSPS) is 33.5. The van der Waals surface area contributed by atoms with Crippen molar-refractivity contribution in [2.24, 2.45) is 0 Å². The summed E-state index contributed by atoms with van der Waals surface area (Å²) in [6.07, 6.45) is -3.89. The average molecular weight is 625 g/mol. The summed E-state index contributed by atoms with van der Waals surface area (Å²) in [5.74, 6) is -0.646. The van der Waals surface area contributed by atoms with E-state index in [2.05, 4.69) is 102 Å². The van der Waals surface area contributed by atoms with Gasteiger partial charge < -0.3 is 28.6 Å². The highest BCUT2D eigenvalue weighted by Gasteiger charge is 2.72. The molecule has 0 radical (unpaired) electrons. The Hall–Kier alpha value is -0.369. The number of rotatable bonds is 6. The second kappa shape index (κ2) is 10.3. The maximum atomic E-state index is 12.9. The molecule has 0 amide bonds. The van der Waals surface area contributed by atoms with Crippen molar-refractivity contribution in [1.82, 2.24) is 0 Å². The predicted molar refractivity (Wildman–Crippen MR) is 176 cm³/mol. The Morgan fingerprint density at radius 2 is 1.05 bits per heavy atom. The first-order chi connectivity index (χ1) is 18.0. The highest BCUT2D eigenvalue weighted by atomic mass is 28.4.